The van der Waals surface area contributed by atoms with Crippen LogP contribution >= 0.6 is 0 Å². The number of hydrogen-bond donors (Lipinski definition) is 0. The van der Waals surface area contributed by atoms with Gasteiger partial charge in [0.05, 0.1) is 6.61 Å². The Balaban J connectivity index is 2.92. The molecular weight excluding hydrogens is 280 g/mol. The first-order valence-electron chi connectivity index (χ1n) is 10.8. The van der Waals surface area contributed by atoms with Gasteiger partial charge >= 0.3 is 0 Å². The van der Waals surface area contributed by atoms with Crippen LogP contribution in [0.1, 0.15) is 129 Å². The molecule has 0 saturated carbocycles. The van der Waals surface area contributed by atoms with E-state index in [1.165, 1.54) is 116 Å². The highest BCUT2D eigenvalue weighted by molar-refractivity contribution is 4.52. The Hall–Kier alpha value is -0.0400. The molecular formula is C22H45O. The van der Waals surface area contributed by atoms with Crippen LogP contribution < -0.4 is 0 Å². The predicted octanol–water partition coefficient (Wildman–Crippen LogP) is 8.23. The molecule has 139 valence electrons. The van der Waals surface area contributed by atoms with Crippen LogP contribution in [0.5, 0.6) is 0 Å². The first-order chi connectivity index (χ1) is 11.4. The minimum atomic E-state index is 1.12. The van der Waals surface area contributed by atoms with Gasteiger partial charge in [0.2, 0.25) is 0 Å². The maximum absolute atomic E-state index is 4.95. The molecule has 0 atom stereocenters. The Morgan fingerprint density at radius 1 is 0.478 bits per heavy atom. The van der Waals surface area contributed by atoms with Crippen molar-refractivity contribution in [3.63, 3.8) is 0 Å². The summed E-state index contributed by atoms with van der Waals surface area (Å²) in [6, 6.07) is 0. The van der Waals surface area contributed by atoms with Gasteiger partial charge in [-0.05, 0) is 6.42 Å². The first-order valence-corrected chi connectivity index (χ1v) is 10.8. The molecule has 0 bridgehead atoms. The van der Waals surface area contributed by atoms with Crippen LogP contribution in [0.15, 0.2) is 0 Å². The fourth-order valence-electron chi connectivity index (χ4n) is 3.25. The van der Waals surface area contributed by atoms with Gasteiger partial charge in [0.1, 0.15) is 0 Å². The van der Waals surface area contributed by atoms with Crippen molar-refractivity contribution in [1.82, 2.24) is 0 Å². The second-order valence-corrected chi connectivity index (χ2v) is 7.20. The molecule has 1 radical (unpaired) electrons. The summed E-state index contributed by atoms with van der Waals surface area (Å²) >= 11 is 0. The third kappa shape index (κ3) is 22.0. The Kier molecular flexibility index (Phi) is 21.9. The largest absolute Gasteiger partial charge is 0.379 e. The third-order valence-electron chi connectivity index (χ3n) is 4.84. The van der Waals surface area contributed by atoms with Crippen LogP contribution in [0.4, 0.5) is 0 Å². The Labute approximate surface area is 148 Å². The Bertz CT molecular complexity index is 170. The van der Waals surface area contributed by atoms with Crippen LogP contribution in [-0.4, -0.2) is 7.11 Å². The van der Waals surface area contributed by atoms with E-state index in [-0.39, 0.29) is 0 Å². The van der Waals surface area contributed by atoms with Crippen molar-refractivity contribution in [2.24, 2.45) is 0 Å². The number of rotatable bonds is 20. The Morgan fingerprint density at radius 3 is 1.09 bits per heavy atom. The summed E-state index contributed by atoms with van der Waals surface area (Å²) in [5.74, 6) is 0. The smallest absolute Gasteiger partial charge is 0.0832 e. The fourth-order valence-corrected chi connectivity index (χ4v) is 3.25. The number of unbranched alkanes of at least 4 members (excludes halogenated alkanes) is 18. The van der Waals surface area contributed by atoms with E-state index in [1.54, 1.807) is 7.11 Å². The zero-order valence-corrected chi connectivity index (χ0v) is 16.4. The summed E-state index contributed by atoms with van der Waals surface area (Å²) in [7, 11) is 1.74. The number of methoxy groups -OCH3 is 1. The molecule has 0 spiro atoms. The second kappa shape index (κ2) is 22.0. The van der Waals surface area contributed by atoms with E-state index in [2.05, 4.69) is 6.92 Å². The van der Waals surface area contributed by atoms with Gasteiger partial charge in [0.15, 0.2) is 0 Å². The van der Waals surface area contributed by atoms with E-state index < -0.39 is 0 Å². The van der Waals surface area contributed by atoms with Gasteiger partial charge in [-0.1, -0.05) is 122 Å². The SMILES string of the molecule is CCCCCCCCCCCCCCCCCCCC[CH]OC. The highest BCUT2D eigenvalue weighted by Gasteiger charge is 1.95. The summed E-state index contributed by atoms with van der Waals surface area (Å²) in [5.41, 5.74) is 0. The summed E-state index contributed by atoms with van der Waals surface area (Å²) in [6.45, 7) is 4.22. The molecule has 0 heterocycles. The number of hydrogen-bond acceptors (Lipinski definition) is 1. The lowest BCUT2D eigenvalue weighted by atomic mass is 10.0. The fraction of sp³-hybridized carbons (Fsp3) is 0.955. The van der Waals surface area contributed by atoms with Crippen LogP contribution in [0, 0.1) is 6.61 Å². The van der Waals surface area contributed by atoms with E-state index in [4.69, 9.17) is 4.74 Å². The lowest BCUT2D eigenvalue weighted by molar-refractivity contribution is 0.262. The van der Waals surface area contributed by atoms with Crippen molar-refractivity contribution < 1.29 is 4.74 Å². The van der Waals surface area contributed by atoms with Crippen LogP contribution in [0.3, 0.4) is 0 Å². The first kappa shape index (κ1) is 23.0. The normalized spacial score (nSPS) is 11.2. The van der Waals surface area contributed by atoms with E-state index in [0.717, 1.165) is 6.42 Å². The van der Waals surface area contributed by atoms with E-state index in [9.17, 15) is 0 Å². The van der Waals surface area contributed by atoms with E-state index in [0.29, 0.717) is 0 Å². The zero-order chi connectivity index (χ0) is 16.8. The summed E-state index contributed by atoms with van der Waals surface area (Å²) < 4.78 is 4.95. The molecule has 0 rings (SSSR count). The van der Waals surface area contributed by atoms with Crippen molar-refractivity contribution in [3.05, 3.63) is 6.61 Å². The van der Waals surface area contributed by atoms with Crippen LogP contribution in [0.2, 0.25) is 0 Å². The van der Waals surface area contributed by atoms with Crippen molar-refractivity contribution in [3.8, 4) is 0 Å². The molecule has 23 heavy (non-hydrogen) atoms. The molecule has 0 aromatic rings. The summed E-state index contributed by atoms with van der Waals surface area (Å²) in [4.78, 5) is 0. The lowest BCUT2D eigenvalue weighted by Gasteiger charge is -2.04. The lowest BCUT2D eigenvalue weighted by Crippen LogP contribution is -1.84. The minimum absolute atomic E-state index is 1.12. The predicted molar refractivity (Wildman–Crippen MR) is 105 cm³/mol. The van der Waals surface area contributed by atoms with Gasteiger partial charge in [0, 0.05) is 7.11 Å². The van der Waals surface area contributed by atoms with Crippen molar-refractivity contribution in [2.75, 3.05) is 7.11 Å². The van der Waals surface area contributed by atoms with Crippen molar-refractivity contribution in [1.29, 1.82) is 0 Å². The number of ether oxygens (including phenoxy) is 1. The molecule has 0 unspecified atom stereocenters. The standard InChI is InChI=1S/C22H45O/c1-3-4-5-6-7-8-9-10-11-12-13-14-15-16-17-18-19-20-21-22-23-2/h22H,3-21H2,1-2H3. The molecule has 0 N–H and O–H groups in total. The van der Waals surface area contributed by atoms with Crippen LogP contribution in [0.25, 0.3) is 0 Å². The van der Waals surface area contributed by atoms with Gasteiger partial charge in [-0.2, -0.15) is 0 Å². The minimum Gasteiger partial charge on any atom is -0.379 e. The van der Waals surface area contributed by atoms with Crippen molar-refractivity contribution in [2.45, 2.75) is 129 Å². The molecule has 0 fully saturated rings. The zero-order valence-electron chi connectivity index (χ0n) is 16.4. The second-order valence-electron chi connectivity index (χ2n) is 7.20. The summed E-state index contributed by atoms with van der Waals surface area (Å²) in [5, 5.41) is 0. The van der Waals surface area contributed by atoms with Crippen LogP contribution in [-0.2, 0) is 4.74 Å². The molecule has 0 amide bonds. The molecule has 0 saturated heterocycles. The quantitative estimate of drug-likeness (QED) is 0.205. The van der Waals surface area contributed by atoms with Gasteiger partial charge in [-0.3, -0.25) is 0 Å². The maximum Gasteiger partial charge on any atom is 0.0832 e. The molecule has 0 aromatic carbocycles. The van der Waals surface area contributed by atoms with E-state index >= 15 is 0 Å². The monoisotopic (exact) mass is 325 g/mol. The van der Waals surface area contributed by atoms with Gasteiger partial charge in [-0.25, -0.2) is 0 Å². The summed E-state index contributed by atoms with van der Waals surface area (Å²) in [6.07, 6.45) is 27.1. The maximum atomic E-state index is 4.95. The van der Waals surface area contributed by atoms with E-state index in [1.807, 2.05) is 6.61 Å². The highest BCUT2D eigenvalue weighted by atomic mass is 16.5. The van der Waals surface area contributed by atoms with Gasteiger partial charge in [-0.15, -0.1) is 0 Å². The van der Waals surface area contributed by atoms with Gasteiger partial charge < -0.3 is 4.74 Å². The molecule has 0 aromatic heterocycles. The molecule has 0 aliphatic carbocycles. The molecule has 1 nitrogen and oxygen atoms in total. The molecule has 0 aliphatic heterocycles. The molecule has 0 aliphatic rings. The average molecular weight is 326 g/mol. The average Bonchev–Trinajstić information content (AvgIpc) is 2.57. The highest BCUT2D eigenvalue weighted by Crippen LogP contribution is 2.14. The third-order valence-corrected chi connectivity index (χ3v) is 4.84. The topological polar surface area (TPSA) is 9.23 Å². The Morgan fingerprint density at radius 2 is 0.783 bits per heavy atom. The van der Waals surface area contributed by atoms with Gasteiger partial charge in [0.25, 0.3) is 0 Å². The van der Waals surface area contributed by atoms with Crippen molar-refractivity contribution >= 4 is 0 Å². The molecule has 1 heteroatoms.